The molecule has 0 aliphatic carbocycles. The fraction of sp³-hybridized carbons (Fsp3) is 0. The Balaban J connectivity index is 0.000000750. The van der Waals surface area contributed by atoms with E-state index in [-0.39, 0.29) is 17.0 Å². The Bertz CT molecular complexity index is 500. The molecule has 1 heterocycles. The fourth-order valence-electron chi connectivity index (χ4n) is 1.72. The van der Waals surface area contributed by atoms with Gasteiger partial charge in [-0.2, -0.15) is 0 Å². The van der Waals surface area contributed by atoms with Crippen LogP contribution in [-0.2, 0) is 0 Å². The predicted octanol–water partition coefficient (Wildman–Crippen LogP) is 3.50. The molecule has 14 heavy (non-hydrogen) atoms. The van der Waals surface area contributed by atoms with Crippen molar-refractivity contribution in [1.29, 1.82) is 0 Å². The average molecular weight is 249 g/mol. The van der Waals surface area contributed by atoms with Crippen LogP contribution >= 0.6 is 17.0 Å². The van der Waals surface area contributed by atoms with E-state index in [0.717, 1.165) is 11.4 Å². The summed E-state index contributed by atoms with van der Waals surface area (Å²) < 4.78 is 0. The van der Waals surface area contributed by atoms with Gasteiger partial charge in [0.25, 0.3) is 0 Å². The van der Waals surface area contributed by atoms with E-state index in [1.165, 1.54) is 10.8 Å². The summed E-state index contributed by atoms with van der Waals surface area (Å²) in [6.45, 7) is 0. The second-order valence-corrected chi connectivity index (χ2v) is 3.08. The molecule has 2 nitrogen and oxygen atoms in total. The fourth-order valence-corrected chi connectivity index (χ4v) is 1.72. The second kappa shape index (κ2) is 3.42. The zero-order chi connectivity index (χ0) is 8.67. The van der Waals surface area contributed by atoms with Gasteiger partial charge < -0.3 is 5.32 Å². The van der Waals surface area contributed by atoms with Gasteiger partial charge in [-0.25, -0.2) is 4.99 Å². The van der Waals surface area contributed by atoms with E-state index in [0.29, 0.717) is 0 Å². The van der Waals surface area contributed by atoms with Gasteiger partial charge in [-0.1, -0.05) is 24.3 Å². The highest BCUT2D eigenvalue weighted by molar-refractivity contribution is 8.93. The maximum absolute atomic E-state index is 4.28. The minimum absolute atomic E-state index is 0. The van der Waals surface area contributed by atoms with Crippen LogP contribution in [0.3, 0.4) is 0 Å². The molecular weight excluding hydrogens is 240 g/mol. The highest BCUT2D eigenvalue weighted by atomic mass is 79.9. The molecule has 0 saturated heterocycles. The van der Waals surface area contributed by atoms with Gasteiger partial charge in [0.2, 0.25) is 0 Å². The molecule has 0 bridgehead atoms. The largest absolute Gasteiger partial charge is 0.346 e. The van der Waals surface area contributed by atoms with Crippen molar-refractivity contribution in [3.8, 4) is 0 Å². The third-order valence-electron chi connectivity index (χ3n) is 2.31. The Hall–Kier alpha value is -1.35. The van der Waals surface area contributed by atoms with Crippen molar-refractivity contribution in [2.75, 3.05) is 5.32 Å². The highest BCUT2D eigenvalue weighted by Crippen LogP contribution is 2.33. The second-order valence-electron chi connectivity index (χ2n) is 3.08. The molecular formula is C11H9BrN2. The van der Waals surface area contributed by atoms with Crippen LogP contribution in [-0.4, -0.2) is 6.34 Å². The minimum atomic E-state index is 0. The van der Waals surface area contributed by atoms with Crippen molar-refractivity contribution >= 4 is 45.5 Å². The van der Waals surface area contributed by atoms with Crippen molar-refractivity contribution in [2.24, 2.45) is 4.99 Å². The van der Waals surface area contributed by atoms with Crippen molar-refractivity contribution in [2.45, 2.75) is 0 Å². The SMILES string of the molecule is Br.C1=Nc2cccc3cccc(c23)N1. The molecule has 70 valence electrons. The first-order chi connectivity index (χ1) is 6.45. The number of anilines is 1. The van der Waals surface area contributed by atoms with Gasteiger partial charge in [0.1, 0.15) is 0 Å². The first-order valence-corrected chi connectivity index (χ1v) is 4.26. The van der Waals surface area contributed by atoms with Crippen molar-refractivity contribution < 1.29 is 0 Å². The van der Waals surface area contributed by atoms with Crippen LogP contribution in [0.4, 0.5) is 11.4 Å². The van der Waals surface area contributed by atoms with Gasteiger partial charge in [0.05, 0.1) is 12.0 Å². The van der Waals surface area contributed by atoms with E-state index in [4.69, 9.17) is 0 Å². The van der Waals surface area contributed by atoms with Gasteiger partial charge in [-0.05, 0) is 17.5 Å². The smallest absolute Gasteiger partial charge is 0.0930 e. The lowest BCUT2D eigenvalue weighted by atomic mass is 10.1. The van der Waals surface area contributed by atoms with Crippen molar-refractivity contribution in [3.05, 3.63) is 36.4 Å². The zero-order valence-electron chi connectivity index (χ0n) is 7.40. The van der Waals surface area contributed by atoms with Crippen LogP contribution in [0.25, 0.3) is 10.8 Å². The number of hydrogen-bond acceptors (Lipinski definition) is 2. The number of rotatable bonds is 0. The molecule has 0 atom stereocenters. The number of halogens is 1. The van der Waals surface area contributed by atoms with Crippen molar-refractivity contribution in [1.82, 2.24) is 0 Å². The summed E-state index contributed by atoms with van der Waals surface area (Å²) in [4.78, 5) is 4.28. The number of aliphatic imine (C=N–C) groups is 1. The summed E-state index contributed by atoms with van der Waals surface area (Å²) in [5.74, 6) is 0. The lowest BCUT2D eigenvalue weighted by molar-refractivity contribution is 1.53. The number of nitrogens with one attached hydrogen (secondary N) is 1. The molecule has 1 aliphatic heterocycles. The highest BCUT2D eigenvalue weighted by Gasteiger charge is 2.06. The standard InChI is InChI=1S/C11H8N2.BrH/c1-3-8-4-2-6-10-11(8)9(5-1)12-7-13-10;/h1-7H,(H,12,13);1H. The third kappa shape index (κ3) is 1.21. The molecule has 0 aromatic heterocycles. The number of hydrogen-bond donors (Lipinski definition) is 1. The summed E-state index contributed by atoms with van der Waals surface area (Å²) in [6.07, 6.45) is 1.73. The molecule has 0 unspecified atom stereocenters. The van der Waals surface area contributed by atoms with Gasteiger partial charge in [0.15, 0.2) is 0 Å². The molecule has 0 radical (unpaired) electrons. The van der Waals surface area contributed by atoms with E-state index < -0.39 is 0 Å². The van der Waals surface area contributed by atoms with Crippen LogP contribution < -0.4 is 5.32 Å². The quantitative estimate of drug-likeness (QED) is 0.759. The molecule has 1 aliphatic rings. The van der Waals surface area contributed by atoms with Gasteiger partial charge in [-0.3, -0.25) is 0 Å². The van der Waals surface area contributed by atoms with Gasteiger partial charge in [-0.15, -0.1) is 17.0 Å². The summed E-state index contributed by atoms with van der Waals surface area (Å²) in [7, 11) is 0. The maximum Gasteiger partial charge on any atom is 0.0930 e. The monoisotopic (exact) mass is 248 g/mol. The van der Waals surface area contributed by atoms with Crippen LogP contribution in [0.2, 0.25) is 0 Å². The molecule has 0 amide bonds. The molecule has 0 fully saturated rings. The minimum Gasteiger partial charge on any atom is -0.346 e. The first kappa shape index (κ1) is 9.21. The van der Waals surface area contributed by atoms with Gasteiger partial charge in [0, 0.05) is 11.1 Å². The summed E-state index contributed by atoms with van der Waals surface area (Å²) in [5.41, 5.74) is 2.19. The van der Waals surface area contributed by atoms with E-state index in [1.54, 1.807) is 6.34 Å². The Morgan fingerprint density at radius 2 is 1.79 bits per heavy atom. The molecule has 0 spiro atoms. The Labute approximate surface area is 92.4 Å². The van der Waals surface area contributed by atoms with E-state index in [1.807, 2.05) is 18.2 Å². The van der Waals surface area contributed by atoms with Crippen molar-refractivity contribution in [3.63, 3.8) is 0 Å². The third-order valence-corrected chi connectivity index (χ3v) is 2.31. The summed E-state index contributed by atoms with van der Waals surface area (Å²) >= 11 is 0. The van der Waals surface area contributed by atoms with E-state index in [9.17, 15) is 0 Å². The molecule has 2 aromatic rings. The lowest BCUT2D eigenvalue weighted by Gasteiger charge is -2.12. The summed E-state index contributed by atoms with van der Waals surface area (Å²) in [5, 5.41) is 5.59. The first-order valence-electron chi connectivity index (χ1n) is 4.26. The average Bonchev–Trinajstić information content (AvgIpc) is 2.19. The normalized spacial score (nSPS) is 12.0. The van der Waals surface area contributed by atoms with Crippen LogP contribution in [0, 0.1) is 0 Å². The molecule has 3 rings (SSSR count). The zero-order valence-corrected chi connectivity index (χ0v) is 9.11. The van der Waals surface area contributed by atoms with Crippen LogP contribution in [0.1, 0.15) is 0 Å². The van der Waals surface area contributed by atoms with E-state index >= 15 is 0 Å². The Kier molecular flexibility index (Phi) is 2.25. The topological polar surface area (TPSA) is 24.4 Å². The van der Waals surface area contributed by atoms with Gasteiger partial charge >= 0.3 is 0 Å². The lowest BCUT2D eigenvalue weighted by Crippen LogP contribution is -1.99. The number of benzene rings is 2. The molecule has 3 heteroatoms. The Morgan fingerprint density at radius 3 is 2.64 bits per heavy atom. The van der Waals surface area contributed by atoms with E-state index in [2.05, 4.69) is 28.5 Å². The molecule has 0 saturated carbocycles. The van der Waals surface area contributed by atoms with Crippen LogP contribution in [0.15, 0.2) is 41.4 Å². The molecule has 1 N–H and O–H groups in total. The predicted molar refractivity (Wildman–Crippen MR) is 66.0 cm³/mol. The summed E-state index contributed by atoms with van der Waals surface area (Å²) in [6, 6.07) is 12.4. The Morgan fingerprint density at radius 1 is 1.00 bits per heavy atom. The maximum atomic E-state index is 4.28. The van der Waals surface area contributed by atoms with Crippen LogP contribution in [0.5, 0.6) is 0 Å². The molecule has 2 aromatic carbocycles. The number of nitrogens with zero attached hydrogens (tertiary/aromatic N) is 1.